The third-order valence-electron chi connectivity index (χ3n) is 4.16. The molecule has 0 aliphatic carbocycles. The Morgan fingerprint density at radius 2 is 1.88 bits per heavy atom. The van der Waals surface area contributed by atoms with E-state index in [0.717, 1.165) is 0 Å². The summed E-state index contributed by atoms with van der Waals surface area (Å²) in [6.45, 7) is 5.64. The Morgan fingerprint density at radius 3 is 2.38 bits per heavy atom. The average molecular weight is 370 g/mol. The van der Waals surface area contributed by atoms with Gasteiger partial charge in [0.05, 0.1) is 31.6 Å². The molecule has 10 heteroatoms. The van der Waals surface area contributed by atoms with E-state index in [2.05, 4.69) is 15.0 Å². The Hall–Kier alpha value is -2.20. The first-order valence-electron chi connectivity index (χ1n) is 8.40. The lowest BCUT2D eigenvalue weighted by molar-refractivity contribution is -0.0442. The molecule has 0 bridgehead atoms. The molecule has 0 aromatic carbocycles. The highest BCUT2D eigenvalue weighted by molar-refractivity contribution is 5.88. The summed E-state index contributed by atoms with van der Waals surface area (Å²) in [5.41, 5.74) is -1.61. The Kier molecular flexibility index (Phi) is 5.87. The van der Waals surface area contributed by atoms with Crippen molar-refractivity contribution in [1.82, 2.24) is 19.9 Å². The molecule has 1 saturated heterocycles. The summed E-state index contributed by atoms with van der Waals surface area (Å²) in [6.07, 6.45) is 0.207. The predicted molar refractivity (Wildman–Crippen MR) is 89.3 cm³/mol. The maximum absolute atomic E-state index is 12.1. The summed E-state index contributed by atoms with van der Waals surface area (Å²) in [5.74, 6) is -0.702. The zero-order valence-electron chi connectivity index (χ0n) is 15.6. The van der Waals surface area contributed by atoms with Gasteiger partial charge in [-0.05, 0) is 33.6 Å². The Balaban J connectivity index is 2.03. The van der Waals surface area contributed by atoms with E-state index >= 15 is 0 Å². The lowest BCUT2D eigenvalue weighted by Gasteiger charge is -2.38. The minimum absolute atomic E-state index is 0.0506. The van der Waals surface area contributed by atoms with Crippen LogP contribution < -0.4 is 0 Å². The van der Waals surface area contributed by atoms with Crippen LogP contribution in [-0.2, 0) is 22.6 Å². The van der Waals surface area contributed by atoms with Crippen LogP contribution in [0.25, 0.3) is 0 Å². The van der Waals surface area contributed by atoms with Crippen molar-refractivity contribution in [2.45, 2.75) is 58.0 Å². The summed E-state index contributed by atoms with van der Waals surface area (Å²) in [6, 6.07) is 0. The van der Waals surface area contributed by atoms with Crippen LogP contribution in [0, 0.1) is 0 Å². The van der Waals surface area contributed by atoms with Gasteiger partial charge in [-0.25, -0.2) is 14.3 Å². The number of nitrogens with zero attached hydrogens (tertiary/aromatic N) is 4. The minimum atomic E-state index is -1.14. The summed E-state index contributed by atoms with van der Waals surface area (Å²) in [4.78, 5) is 25.3. The molecular weight excluding hydrogens is 344 g/mol. The van der Waals surface area contributed by atoms with Crippen molar-refractivity contribution < 1.29 is 29.3 Å². The minimum Gasteiger partial charge on any atom is -0.464 e. The first kappa shape index (κ1) is 20.1. The van der Waals surface area contributed by atoms with Gasteiger partial charge in [-0.2, -0.15) is 0 Å². The number of rotatable bonds is 4. The molecule has 2 heterocycles. The predicted octanol–water partition coefficient (Wildman–Crippen LogP) is 0.319. The number of methoxy groups -OCH3 is 1. The molecule has 1 fully saturated rings. The van der Waals surface area contributed by atoms with Crippen molar-refractivity contribution in [2.24, 2.45) is 0 Å². The van der Waals surface area contributed by atoms with E-state index < -0.39 is 29.9 Å². The van der Waals surface area contributed by atoms with E-state index in [1.165, 1.54) is 11.8 Å². The lowest BCUT2D eigenvalue weighted by atomic mass is 9.91. The van der Waals surface area contributed by atoms with Crippen molar-refractivity contribution in [2.75, 3.05) is 20.2 Å². The van der Waals surface area contributed by atoms with E-state index in [-0.39, 0.29) is 17.9 Å². The van der Waals surface area contributed by atoms with Gasteiger partial charge >= 0.3 is 12.1 Å². The first-order valence-corrected chi connectivity index (χ1v) is 8.40. The molecule has 10 nitrogen and oxygen atoms in total. The topological polar surface area (TPSA) is 127 Å². The maximum Gasteiger partial charge on any atom is 0.410 e. The standard InChI is InChI=1S/C16H26N4O6/c1-15(2,3)26-14(23)19-7-5-16(24,6-8-19)10-20-11(9-21)12(17-18-20)13(22)25-4/h21,24H,5-10H2,1-4H3. The number of aliphatic hydroxyl groups is 2. The largest absolute Gasteiger partial charge is 0.464 e. The molecular formula is C16H26N4O6. The van der Waals surface area contributed by atoms with Crippen LogP contribution in [0.5, 0.6) is 0 Å². The number of piperidine rings is 1. The van der Waals surface area contributed by atoms with E-state index in [9.17, 15) is 19.8 Å². The smallest absolute Gasteiger partial charge is 0.410 e. The molecule has 1 aliphatic heterocycles. The number of likely N-dealkylation sites (tertiary alicyclic amines) is 1. The number of carbonyl (C=O) groups is 2. The molecule has 0 atom stereocenters. The first-order chi connectivity index (χ1) is 12.1. The zero-order chi connectivity index (χ0) is 19.5. The highest BCUT2D eigenvalue weighted by Crippen LogP contribution is 2.26. The van der Waals surface area contributed by atoms with Crippen molar-refractivity contribution in [3.8, 4) is 0 Å². The van der Waals surface area contributed by atoms with Crippen LogP contribution in [0.1, 0.15) is 49.8 Å². The van der Waals surface area contributed by atoms with Gasteiger partial charge in [-0.15, -0.1) is 5.10 Å². The van der Waals surface area contributed by atoms with Crippen LogP contribution in [0.2, 0.25) is 0 Å². The maximum atomic E-state index is 12.1. The van der Waals surface area contributed by atoms with E-state index in [4.69, 9.17) is 4.74 Å². The molecule has 0 saturated carbocycles. The number of aliphatic hydroxyl groups excluding tert-OH is 1. The van der Waals surface area contributed by atoms with E-state index in [0.29, 0.717) is 25.9 Å². The fraction of sp³-hybridized carbons (Fsp3) is 0.750. The van der Waals surface area contributed by atoms with Gasteiger partial charge in [-0.1, -0.05) is 5.21 Å². The quantitative estimate of drug-likeness (QED) is 0.726. The zero-order valence-corrected chi connectivity index (χ0v) is 15.6. The Morgan fingerprint density at radius 1 is 1.27 bits per heavy atom. The van der Waals surface area contributed by atoms with Gasteiger partial charge in [-0.3, -0.25) is 0 Å². The number of carbonyl (C=O) groups excluding carboxylic acids is 2. The summed E-state index contributed by atoms with van der Waals surface area (Å²) in [5, 5.41) is 27.9. The summed E-state index contributed by atoms with van der Waals surface area (Å²) >= 11 is 0. The van der Waals surface area contributed by atoms with Gasteiger partial charge in [0, 0.05) is 13.1 Å². The molecule has 0 spiro atoms. The number of aromatic nitrogens is 3. The fourth-order valence-corrected chi connectivity index (χ4v) is 2.74. The average Bonchev–Trinajstić information content (AvgIpc) is 2.95. The van der Waals surface area contributed by atoms with Crippen molar-refractivity contribution >= 4 is 12.1 Å². The third kappa shape index (κ3) is 4.70. The number of hydrogen-bond acceptors (Lipinski definition) is 8. The summed E-state index contributed by atoms with van der Waals surface area (Å²) in [7, 11) is 1.21. The Labute approximate surface area is 151 Å². The van der Waals surface area contributed by atoms with Crippen LogP contribution >= 0.6 is 0 Å². The molecule has 26 heavy (non-hydrogen) atoms. The van der Waals surface area contributed by atoms with Gasteiger partial charge in [0.15, 0.2) is 5.69 Å². The van der Waals surface area contributed by atoms with Crippen molar-refractivity contribution in [1.29, 1.82) is 0 Å². The Bertz CT molecular complexity index is 658. The molecule has 1 aliphatic rings. The highest BCUT2D eigenvalue weighted by atomic mass is 16.6. The van der Waals surface area contributed by atoms with E-state index in [1.54, 1.807) is 25.7 Å². The molecule has 0 unspecified atom stereocenters. The van der Waals surface area contributed by atoms with Crippen LogP contribution in [-0.4, -0.2) is 73.6 Å². The molecule has 146 valence electrons. The molecule has 1 aromatic rings. The number of ether oxygens (including phenoxy) is 2. The lowest BCUT2D eigenvalue weighted by Crippen LogP contribution is -2.50. The molecule has 1 amide bonds. The van der Waals surface area contributed by atoms with Crippen LogP contribution in [0.4, 0.5) is 4.79 Å². The van der Waals surface area contributed by atoms with Crippen LogP contribution in [0.15, 0.2) is 0 Å². The second-order valence-electron chi connectivity index (χ2n) is 7.38. The summed E-state index contributed by atoms with van der Waals surface area (Å²) < 4.78 is 11.2. The molecule has 1 aromatic heterocycles. The number of hydrogen-bond donors (Lipinski definition) is 2. The SMILES string of the molecule is COC(=O)c1nnn(CC2(O)CCN(C(=O)OC(C)(C)C)CC2)c1CO. The van der Waals surface area contributed by atoms with Crippen LogP contribution in [0.3, 0.4) is 0 Å². The normalized spacial score (nSPS) is 17.1. The highest BCUT2D eigenvalue weighted by Gasteiger charge is 2.37. The van der Waals surface area contributed by atoms with Crippen molar-refractivity contribution in [3.63, 3.8) is 0 Å². The number of esters is 1. The monoisotopic (exact) mass is 370 g/mol. The van der Waals surface area contributed by atoms with Gasteiger partial charge in [0.2, 0.25) is 0 Å². The van der Waals surface area contributed by atoms with E-state index in [1.807, 2.05) is 0 Å². The second kappa shape index (κ2) is 7.58. The molecule has 2 N–H and O–H groups in total. The van der Waals surface area contributed by atoms with Crippen molar-refractivity contribution in [3.05, 3.63) is 11.4 Å². The van der Waals surface area contributed by atoms with Gasteiger partial charge < -0.3 is 24.6 Å². The number of amides is 1. The fourth-order valence-electron chi connectivity index (χ4n) is 2.74. The second-order valence-corrected chi connectivity index (χ2v) is 7.38. The third-order valence-corrected chi connectivity index (χ3v) is 4.16. The van der Waals surface area contributed by atoms with Gasteiger partial charge in [0.25, 0.3) is 0 Å². The molecule has 2 rings (SSSR count). The molecule has 0 radical (unpaired) electrons. The van der Waals surface area contributed by atoms with Gasteiger partial charge in [0.1, 0.15) is 5.60 Å².